The van der Waals surface area contributed by atoms with Crippen LogP contribution in [0.4, 0.5) is 0 Å². The van der Waals surface area contributed by atoms with Gasteiger partial charge in [-0.25, -0.2) is 8.42 Å². The van der Waals surface area contributed by atoms with E-state index in [0.717, 1.165) is 5.56 Å². The van der Waals surface area contributed by atoms with E-state index < -0.39 is 9.84 Å². The quantitative estimate of drug-likeness (QED) is 0.775. The molecule has 14 heavy (non-hydrogen) atoms. The van der Waals surface area contributed by atoms with Crippen molar-refractivity contribution in [1.29, 1.82) is 5.41 Å². The van der Waals surface area contributed by atoms with Gasteiger partial charge in [0.15, 0.2) is 9.84 Å². The lowest BCUT2D eigenvalue weighted by Crippen LogP contribution is -2.12. The predicted octanol–water partition coefficient (Wildman–Crippen LogP) is 1.81. The SMILES string of the molecule is CC(=N)CS(=O)(=O)c1ccc(C)cc1. The van der Waals surface area contributed by atoms with E-state index in [4.69, 9.17) is 5.41 Å². The van der Waals surface area contributed by atoms with Crippen LogP contribution in [0.1, 0.15) is 12.5 Å². The first-order valence-corrected chi connectivity index (χ1v) is 5.90. The summed E-state index contributed by atoms with van der Waals surface area (Å²) in [6.07, 6.45) is 0. The molecule has 0 bridgehead atoms. The zero-order valence-electron chi connectivity index (χ0n) is 8.24. The molecule has 0 atom stereocenters. The van der Waals surface area contributed by atoms with Crippen molar-refractivity contribution >= 4 is 15.5 Å². The highest BCUT2D eigenvalue weighted by Crippen LogP contribution is 2.11. The van der Waals surface area contributed by atoms with Crippen LogP contribution >= 0.6 is 0 Å². The fourth-order valence-corrected chi connectivity index (χ4v) is 2.40. The van der Waals surface area contributed by atoms with Crippen LogP contribution in [0.5, 0.6) is 0 Å². The van der Waals surface area contributed by atoms with Crippen molar-refractivity contribution in [3.63, 3.8) is 0 Å². The van der Waals surface area contributed by atoms with Gasteiger partial charge in [0.25, 0.3) is 0 Å². The smallest absolute Gasteiger partial charge is 0.183 e. The van der Waals surface area contributed by atoms with Crippen LogP contribution in [0.25, 0.3) is 0 Å². The second-order valence-corrected chi connectivity index (χ2v) is 5.34. The fourth-order valence-electron chi connectivity index (χ4n) is 1.11. The lowest BCUT2D eigenvalue weighted by molar-refractivity contribution is 0.600. The van der Waals surface area contributed by atoms with Gasteiger partial charge in [-0.15, -0.1) is 0 Å². The maximum Gasteiger partial charge on any atom is 0.183 e. The number of aryl methyl sites for hydroxylation is 1. The number of hydrogen-bond donors (Lipinski definition) is 1. The summed E-state index contributed by atoms with van der Waals surface area (Å²) in [6, 6.07) is 6.67. The van der Waals surface area contributed by atoms with Gasteiger partial charge in [-0.1, -0.05) is 17.7 Å². The second kappa shape index (κ2) is 3.92. The lowest BCUT2D eigenvalue weighted by atomic mass is 10.2. The summed E-state index contributed by atoms with van der Waals surface area (Å²) in [5.74, 6) is -0.198. The van der Waals surface area contributed by atoms with Crippen molar-refractivity contribution in [2.45, 2.75) is 18.7 Å². The number of sulfone groups is 1. The molecule has 1 N–H and O–H groups in total. The third-order valence-electron chi connectivity index (χ3n) is 1.79. The van der Waals surface area contributed by atoms with Gasteiger partial charge in [-0.3, -0.25) is 0 Å². The highest BCUT2D eigenvalue weighted by molar-refractivity contribution is 7.92. The number of hydrogen-bond acceptors (Lipinski definition) is 3. The molecule has 1 rings (SSSR count). The predicted molar refractivity (Wildman–Crippen MR) is 56.6 cm³/mol. The zero-order valence-corrected chi connectivity index (χ0v) is 9.06. The van der Waals surface area contributed by atoms with Gasteiger partial charge in [-0.2, -0.15) is 0 Å². The molecule has 0 fully saturated rings. The van der Waals surface area contributed by atoms with Crippen molar-refractivity contribution < 1.29 is 8.42 Å². The monoisotopic (exact) mass is 211 g/mol. The summed E-state index contributed by atoms with van der Waals surface area (Å²) in [4.78, 5) is 0.287. The minimum Gasteiger partial charge on any atom is -0.309 e. The summed E-state index contributed by atoms with van der Waals surface area (Å²) in [5.41, 5.74) is 1.18. The largest absolute Gasteiger partial charge is 0.309 e. The average molecular weight is 211 g/mol. The van der Waals surface area contributed by atoms with E-state index in [1.165, 1.54) is 6.92 Å². The fraction of sp³-hybridized carbons (Fsp3) is 0.300. The Kier molecular flexibility index (Phi) is 3.06. The zero-order chi connectivity index (χ0) is 10.8. The van der Waals surface area contributed by atoms with Crippen LogP contribution in [-0.2, 0) is 9.84 Å². The van der Waals surface area contributed by atoms with Crippen molar-refractivity contribution in [2.75, 3.05) is 5.75 Å². The van der Waals surface area contributed by atoms with E-state index in [-0.39, 0.29) is 16.4 Å². The highest BCUT2D eigenvalue weighted by atomic mass is 32.2. The van der Waals surface area contributed by atoms with E-state index >= 15 is 0 Å². The Balaban J connectivity index is 3.05. The van der Waals surface area contributed by atoms with Gasteiger partial charge in [-0.05, 0) is 26.0 Å². The summed E-state index contributed by atoms with van der Waals surface area (Å²) < 4.78 is 23.2. The minimum absolute atomic E-state index is 0.158. The Morgan fingerprint density at radius 2 is 1.79 bits per heavy atom. The molecular weight excluding hydrogens is 198 g/mol. The Hall–Kier alpha value is -1.16. The molecule has 0 aliphatic heterocycles. The molecule has 0 radical (unpaired) electrons. The molecule has 0 unspecified atom stereocenters. The minimum atomic E-state index is -3.30. The Morgan fingerprint density at radius 3 is 2.21 bits per heavy atom. The van der Waals surface area contributed by atoms with Crippen molar-refractivity contribution in [2.24, 2.45) is 0 Å². The molecule has 0 aliphatic rings. The molecule has 1 aromatic rings. The molecule has 0 amide bonds. The highest BCUT2D eigenvalue weighted by Gasteiger charge is 2.14. The van der Waals surface area contributed by atoms with Gasteiger partial charge in [0, 0.05) is 5.71 Å². The van der Waals surface area contributed by atoms with Crippen LogP contribution in [-0.4, -0.2) is 19.9 Å². The van der Waals surface area contributed by atoms with Crippen LogP contribution in [0.3, 0.4) is 0 Å². The molecule has 0 aliphatic carbocycles. The molecule has 0 saturated heterocycles. The van der Waals surface area contributed by atoms with E-state index in [1.807, 2.05) is 6.92 Å². The normalized spacial score (nSPS) is 11.3. The van der Waals surface area contributed by atoms with E-state index in [2.05, 4.69) is 0 Å². The Labute approximate surface area is 84.2 Å². The van der Waals surface area contributed by atoms with Gasteiger partial charge in [0.2, 0.25) is 0 Å². The molecule has 0 saturated carbocycles. The maximum atomic E-state index is 11.6. The van der Waals surface area contributed by atoms with E-state index in [9.17, 15) is 8.42 Å². The first kappa shape index (κ1) is 10.9. The van der Waals surface area contributed by atoms with Crippen LogP contribution in [0, 0.1) is 12.3 Å². The molecule has 4 heteroatoms. The molecule has 76 valence electrons. The average Bonchev–Trinajstić information content (AvgIpc) is 2.02. The first-order chi connectivity index (χ1) is 6.42. The van der Waals surface area contributed by atoms with Crippen molar-refractivity contribution in [3.05, 3.63) is 29.8 Å². The second-order valence-electron chi connectivity index (χ2n) is 3.35. The van der Waals surface area contributed by atoms with Gasteiger partial charge in [0.05, 0.1) is 10.6 Å². The third-order valence-corrected chi connectivity index (χ3v) is 3.59. The third kappa shape index (κ3) is 2.67. The first-order valence-electron chi connectivity index (χ1n) is 4.25. The lowest BCUT2D eigenvalue weighted by Gasteiger charge is -2.03. The topological polar surface area (TPSA) is 58.0 Å². The molecule has 0 spiro atoms. The van der Waals surface area contributed by atoms with E-state index in [0.29, 0.717) is 0 Å². The summed E-state index contributed by atoms with van der Waals surface area (Å²) in [6.45, 7) is 3.39. The van der Waals surface area contributed by atoms with Crippen molar-refractivity contribution in [1.82, 2.24) is 0 Å². The standard InChI is InChI=1S/C10H13NO2S/c1-8-3-5-10(6-4-8)14(12,13)7-9(2)11/h3-6,11H,7H2,1-2H3. The van der Waals surface area contributed by atoms with Crippen LogP contribution in [0.15, 0.2) is 29.2 Å². The Morgan fingerprint density at radius 1 is 1.29 bits per heavy atom. The van der Waals surface area contributed by atoms with Crippen LogP contribution in [0.2, 0.25) is 0 Å². The molecule has 0 aromatic heterocycles. The summed E-state index contributed by atoms with van der Waals surface area (Å²) >= 11 is 0. The molecule has 3 nitrogen and oxygen atoms in total. The maximum absolute atomic E-state index is 11.6. The van der Waals surface area contributed by atoms with E-state index in [1.54, 1.807) is 24.3 Å². The summed E-state index contributed by atoms with van der Waals surface area (Å²) in [5, 5.41) is 7.16. The molecule has 1 aromatic carbocycles. The Bertz CT molecular complexity index is 432. The van der Waals surface area contributed by atoms with Crippen LogP contribution < -0.4 is 0 Å². The van der Waals surface area contributed by atoms with Crippen molar-refractivity contribution in [3.8, 4) is 0 Å². The molecular formula is C10H13NO2S. The number of nitrogens with one attached hydrogen (secondary N) is 1. The number of benzene rings is 1. The molecule has 0 heterocycles. The van der Waals surface area contributed by atoms with Gasteiger partial charge < -0.3 is 5.41 Å². The van der Waals surface area contributed by atoms with Gasteiger partial charge in [0.1, 0.15) is 0 Å². The van der Waals surface area contributed by atoms with Gasteiger partial charge >= 0.3 is 0 Å². The number of rotatable bonds is 3. The summed E-state index contributed by atoms with van der Waals surface area (Å²) in [7, 11) is -3.30.